The van der Waals surface area contributed by atoms with Crippen molar-refractivity contribution in [2.45, 2.75) is 106 Å². The number of methoxy groups -OCH3 is 1. The summed E-state index contributed by atoms with van der Waals surface area (Å²) in [6.45, 7) is 7.91. The van der Waals surface area contributed by atoms with E-state index >= 15 is 0 Å². The number of amides is 4. The van der Waals surface area contributed by atoms with E-state index in [1.54, 1.807) is 7.11 Å². The molecule has 4 amide bonds. The zero-order chi connectivity index (χ0) is 40.6. The number of fused-ring (bicyclic) bond motifs is 3. The Balaban J connectivity index is 1.26. The molecule has 4 fully saturated rings. The summed E-state index contributed by atoms with van der Waals surface area (Å²) in [5.74, 6) is -0.837. The fraction of sp³-hybridized carbons (Fsp3) is 0.585. The van der Waals surface area contributed by atoms with Crippen LogP contribution < -0.4 is 29.7 Å². The van der Waals surface area contributed by atoms with Crippen molar-refractivity contribution in [2.75, 3.05) is 39.3 Å². The Bertz CT molecular complexity index is 2060. The first kappa shape index (κ1) is 40.3. The minimum atomic E-state index is -3.91. The number of hydrogen-bond donors (Lipinski definition) is 3. The number of carbonyl (C=O) groups is 4. The average Bonchev–Trinajstić information content (AvgIpc) is 4.12. The minimum absolute atomic E-state index is 0.00204. The van der Waals surface area contributed by atoms with Gasteiger partial charge in [-0.2, -0.15) is 0 Å². The molecule has 0 unspecified atom stereocenters. The van der Waals surface area contributed by atoms with Crippen LogP contribution in [0, 0.1) is 11.8 Å². The van der Waals surface area contributed by atoms with Gasteiger partial charge in [0, 0.05) is 44.0 Å². The number of ether oxygens (including phenoxy) is 3. The van der Waals surface area contributed by atoms with Gasteiger partial charge in [-0.05, 0) is 74.5 Å². The number of anilines is 1. The Hall–Kier alpha value is -4.86. The van der Waals surface area contributed by atoms with Crippen molar-refractivity contribution in [1.29, 1.82) is 0 Å². The number of hydrogen-bond acceptors (Lipinski definition) is 11. The predicted molar refractivity (Wildman–Crippen MR) is 213 cm³/mol. The molecule has 5 aliphatic rings. The Kier molecular flexibility index (Phi) is 11.5. The van der Waals surface area contributed by atoms with Gasteiger partial charge in [0.1, 0.15) is 47.7 Å². The van der Waals surface area contributed by atoms with Crippen LogP contribution in [0.3, 0.4) is 0 Å². The van der Waals surface area contributed by atoms with Crippen molar-refractivity contribution < 1.29 is 41.8 Å². The lowest BCUT2D eigenvalue weighted by atomic mass is 9.83. The van der Waals surface area contributed by atoms with Crippen LogP contribution in [-0.4, -0.2) is 105 Å². The number of carbonyl (C=O) groups excluding carboxylic acids is 4. The largest absolute Gasteiger partial charge is 0.496 e. The zero-order valence-corrected chi connectivity index (χ0v) is 33.8. The maximum Gasteiger partial charge on any atom is 0.408 e. The first-order chi connectivity index (χ1) is 27.2. The van der Waals surface area contributed by atoms with Gasteiger partial charge in [-0.15, -0.1) is 6.58 Å². The lowest BCUT2D eigenvalue weighted by molar-refractivity contribution is -0.142. The molecule has 7 rings (SSSR count). The zero-order valence-electron chi connectivity index (χ0n) is 33.0. The molecule has 5 atom stereocenters. The molecule has 4 bridgehead atoms. The molecule has 0 radical (unpaired) electrons. The van der Waals surface area contributed by atoms with Gasteiger partial charge in [-0.3, -0.25) is 19.1 Å². The summed E-state index contributed by atoms with van der Waals surface area (Å²) in [5, 5.41) is 5.80. The molecular weight excluding hydrogens is 753 g/mol. The molecule has 16 heteroatoms. The molecule has 0 spiro atoms. The number of aromatic nitrogens is 1. The van der Waals surface area contributed by atoms with Gasteiger partial charge >= 0.3 is 6.09 Å². The van der Waals surface area contributed by atoms with E-state index in [1.807, 2.05) is 37.2 Å². The fourth-order valence-corrected chi connectivity index (χ4v) is 9.87. The van der Waals surface area contributed by atoms with Crippen LogP contribution in [0.4, 0.5) is 10.6 Å². The highest BCUT2D eigenvalue weighted by molar-refractivity contribution is 7.91. The van der Waals surface area contributed by atoms with Crippen LogP contribution in [0.25, 0.3) is 10.9 Å². The van der Waals surface area contributed by atoms with Crippen LogP contribution in [0.5, 0.6) is 11.5 Å². The van der Waals surface area contributed by atoms with Crippen molar-refractivity contribution in [3.05, 3.63) is 48.6 Å². The summed E-state index contributed by atoms with van der Waals surface area (Å²) >= 11 is 0. The highest BCUT2D eigenvalue weighted by Gasteiger charge is 2.62. The molecule has 1 aromatic carbocycles. The second-order valence-electron chi connectivity index (χ2n) is 16.4. The van der Waals surface area contributed by atoms with Gasteiger partial charge in [0.25, 0.3) is 5.91 Å². The smallest absolute Gasteiger partial charge is 0.408 e. The Morgan fingerprint density at radius 1 is 1.09 bits per heavy atom. The maximum absolute atomic E-state index is 14.9. The lowest BCUT2D eigenvalue weighted by Crippen LogP contribution is -2.59. The van der Waals surface area contributed by atoms with Gasteiger partial charge in [-0.1, -0.05) is 31.9 Å². The predicted octanol–water partition coefficient (Wildman–Crippen LogP) is 3.89. The van der Waals surface area contributed by atoms with Crippen molar-refractivity contribution in [2.24, 2.45) is 11.8 Å². The molecule has 1 aromatic heterocycles. The van der Waals surface area contributed by atoms with E-state index < -0.39 is 68.7 Å². The molecule has 3 heterocycles. The van der Waals surface area contributed by atoms with E-state index in [-0.39, 0.29) is 31.9 Å². The van der Waals surface area contributed by atoms with Crippen molar-refractivity contribution in [3.8, 4) is 11.5 Å². The van der Waals surface area contributed by atoms with E-state index in [0.717, 1.165) is 30.2 Å². The molecule has 2 aromatic rings. The number of nitrogens with zero attached hydrogens (tertiary/aromatic N) is 3. The number of benzene rings is 1. The van der Waals surface area contributed by atoms with Crippen LogP contribution in [0.2, 0.25) is 0 Å². The lowest BCUT2D eigenvalue weighted by Gasteiger charge is -2.34. The van der Waals surface area contributed by atoms with Crippen LogP contribution in [-0.2, 0) is 35.6 Å². The van der Waals surface area contributed by atoms with Gasteiger partial charge in [-0.25, -0.2) is 18.2 Å². The molecular formula is C41H54N6O9S. The quantitative estimate of drug-likeness (QED) is 0.313. The molecule has 15 nitrogen and oxygen atoms in total. The van der Waals surface area contributed by atoms with Crippen molar-refractivity contribution >= 4 is 50.6 Å². The number of nitrogens with one attached hydrogen (secondary N) is 3. The Labute approximate surface area is 334 Å². The molecule has 308 valence electrons. The third kappa shape index (κ3) is 8.56. The fourth-order valence-electron chi connectivity index (χ4n) is 8.50. The average molecular weight is 807 g/mol. The van der Waals surface area contributed by atoms with Gasteiger partial charge in [0.2, 0.25) is 21.8 Å². The second kappa shape index (κ2) is 16.2. The van der Waals surface area contributed by atoms with Gasteiger partial charge in [0.15, 0.2) is 0 Å². The Morgan fingerprint density at radius 3 is 2.51 bits per heavy atom. The first-order valence-corrected chi connectivity index (χ1v) is 21.5. The normalized spacial score (nSPS) is 27.4. The van der Waals surface area contributed by atoms with E-state index in [2.05, 4.69) is 28.5 Å². The SMILES string of the molecule is C=C[C@@H]1C[C@]1(NC(=O)[C@@H]1C[C@@H]2CN1C(=O)[C@H](C1CCCCC1)NC(=O)OCC(=C)CCCc1cc3c(cc(N(C)C)nc3cc1OC)O2)C(=O)NS(=O)(=O)C1CC1. The molecule has 3 aliphatic carbocycles. The van der Waals surface area contributed by atoms with E-state index in [4.69, 9.17) is 19.2 Å². The number of rotatable bonds is 9. The van der Waals surface area contributed by atoms with E-state index in [1.165, 1.54) is 11.0 Å². The van der Waals surface area contributed by atoms with Gasteiger partial charge < -0.3 is 34.6 Å². The molecule has 2 aliphatic heterocycles. The van der Waals surface area contributed by atoms with Crippen molar-refractivity contribution in [1.82, 2.24) is 25.2 Å². The van der Waals surface area contributed by atoms with Gasteiger partial charge in [0.05, 0.1) is 24.4 Å². The minimum Gasteiger partial charge on any atom is -0.496 e. The summed E-state index contributed by atoms with van der Waals surface area (Å²) < 4.78 is 46.0. The summed E-state index contributed by atoms with van der Waals surface area (Å²) in [5.41, 5.74) is 0.729. The summed E-state index contributed by atoms with van der Waals surface area (Å²) in [7, 11) is 1.44. The topological polar surface area (TPSA) is 186 Å². The molecule has 1 saturated heterocycles. The van der Waals surface area contributed by atoms with Crippen LogP contribution >= 0.6 is 0 Å². The maximum atomic E-state index is 14.9. The van der Waals surface area contributed by atoms with E-state index in [0.29, 0.717) is 73.4 Å². The van der Waals surface area contributed by atoms with Crippen LogP contribution in [0.1, 0.15) is 76.2 Å². The number of pyridine rings is 1. The molecule has 57 heavy (non-hydrogen) atoms. The number of aryl methyl sites for hydroxylation is 1. The first-order valence-electron chi connectivity index (χ1n) is 20.0. The number of sulfonamides is 1. The summed E-state index contributed by atoms with van der Waals surface area (Å²) in [6.07, 6.45) is 7.35. The second-order valence-corrected chi connectivity index (χ2v) is 18.4. The molecule has 3 saturated carbocycles. The third-order valence-electron chi connectivity index (χ3n) is 12.1. The van der Waals surface area contributed by atoms with Crippen LogP contribution in [0.15, 0.2) is 43.0 Å². The monoisotopic (exact) mass is 806 g/mol. The summed E-state index contributed by atoms with van der Waals surface area (Å²) in [6, 6.07) is 3.59. The summed E-state index contributed by atoms with van der Waals surface area (Å²) in [4.78, 5) is 64.6. The highest BCUT2D eigenvalue weighted by Crippen LogP contribution is 2.46. The number of cyclic esters (lactones) is 1. The highest BCUT2D eigenvalue weighted by atomic mass is 32.2. The standard InChI is InChI=1S/C41H54N6O9S/c1-6-27-21-41(27,39(50)45-57(52,53)29-15-16-29)44-37(48)32-18-28-22-47(32)38(49)36(25-12-8-7-9-13-25)43-40(51)55-23-24(2)11-10-14-26-17-30-31(19-33(26)54-5)42-35(46(3)4)20-34(30)56-28/h6,17,19-20,25,27-29,32,36H,1-2,7-16,18,21-23H2,3-5H3,(H,43,51)(H,44,48)(H,45,50)/t27-,28-,32+,36+,41-/m1/s1. The van der Waals surface area contributed by atoms with Crippen molar-refractivity contribution in [3.63, 3.8) is 0 Å². The van der Waals surface area contributed by atoms with E-state index in [9.17, 15) is 27.6 Å². The Morgan fingerprint density at radius 2 is 1.84 bits per heavy atom. The molecule has 3 N–H and O–H groups in total. The number of alkyl carbamates (subject to hydrolysis) is 1. The third-order valence-corrected chi connectivity index (χ3v) is 13.9.